The quantitative estimate of drug-likeness (QED) is 0.741. The van der Waals surface area contributed by atoms with Crippen molar-refractivity contribution in [1.82, 2.24) is 4.90 Å². The molecule has 4 heteroatoms. The van der Waals surface area contributed by atoms with E-state index < -0.39 is 0 Å². The molecule has 0 bridgehead atoms. The molecule has 19 heavy (non-hydrogen) atoms. The molecule has 1 aromatic carbocycles. The number of halogens is 2. The third kappa shape index (κ3) is 4.44. The molecule has 0 atom stereocenters. The number of aliphatic hydroxyl groups excluding tert-OH is 1. The Morgan fingerprint density at radius 3 is 2.68 bits per heavy atom. The molecule has 0 saturated heterocycles. The number of hydrogen-bond acceptors (Lipinski definition) is 2. The molecule has 2 rings (SSSR count). The van der Waals surface area contributed by atoms with Crippen molar-refractivity contribution in [3.63, 3.8) is 0 Å². The highest BCUT2D eigenvalue weighted by Gasteiger charge is 2.28. The van der Waals surface area contributed by atoms with Gasteiger partial charge >= 0.3 is 0 Å². The molecule has 1 saturated carbocycles. The molecule has 106 valence electrons. The second-order valence-corrected chi connectivity index (χ2v) is 5.56. The summed E-state index contributed by atoms with van der Waals surface area (Å²) in [5, 5.41) is 9.35. The van der Waals surface area contributed by atoms with Gasteiger partial charge in [-0.1, -0.05) is 17.7 Å². The zero-order chi connectivity index (χ0) is 13.7. The van der Waals surface area contributed by atoms with Crippen LogP contribution in [-0.2, 0) is 6.42 Å². The Morgan fingerprint density at radius 2 is 2.05 bits per heavy atom. The van der Waals surface area contributed by atoms with Crippen LogP contribution in [0.2, 0.25) is 5.02 Å². The normalized spacial score (nSPS) is 15.2. The first kappa shape index (κ1) is 14.8. The summed E-state index contributed by atoms with van der Waals surface area (Å²) in [6.45, 7) is 2.08. The second kappa shape index (κ2) is 7.22. The molecular formula is C15H21ClFNO. The topological polar surface area (TPSA) is 23.5 Å². The smallest absolute Gasteiger partial charge is 0.127 e. The van der Waals surface area contributed by atoms with Gasteiger partial charge in [-0.2, -0.15) is 0 Å². The van der Waals surface area contributed by atoms with Gasteiger partial charge in [0.05, 0.1) is 0 Å². The summed E-state index contributed by atoms with van der Waals surface area (Å²) in [6, 6.07) is 5.51. The van der Waals surface area contributed by atoms with Crippen molar-refractivity contribution in [2.75, 3.05) is 19.7 Å². The van der Waals surface area contributed by atoms with E-state index in [0.29, 0.717) is 23.0 Å². The van der Waals surface area contributed by atoms with Crippen LogP contribution in [0.15, 0.2) is 18.2 Å². The lowest BCUT2D eigenvalue weighted by Gasteiger charge is -2.22. The summed E-state index contributed by atoms with van der Waals surface area (Å²) in [7, 11) is 0. The summed E-state index contributed by atoms with van der Waals surface area (Å²) in [4.78, 5) is 2.40. The summed E-state index contributed by atoms with van der Waals surface area (Å²) >= 11 is 6.04. The minimum atomic E-state index is -0.210. The van der Waals surface area contributed by atoms with Crippen molar-refractivity contribution >= 4 is 11.6 Å². The standard InChI is InChI=1S/C15H21ClFNO/c16-14-4-3-5-15(17)13(14)8-10-18(12-6-7-12)9-1-2-11-19/h3-5,12,19H,1-2,6-11H2. The van der Waals surface area contributed by atoms with E-state index in [1.165, 1.54) is 18.9 Å². The Balaban J connectivity index is 1.87. The number of nitrogens with zero attached hydrogens (tertiary/aromatic N) is 1. The third-order valence-electron chi connectivity index (χ3n) is 3.63. The lowest BCUT2D eigenvalue weighted by atomic mass is 10.1. The van der Waals surface area contributed by atoms with Crippen molar-refractivity contribution in [3.8, 4) is 0 Å². The molecular weight excluding hydrogens is 265 g/mol. The predicted molar refractivity (Wildman–Crippen MR) is 76.0 cm³/mol. The van der Waals surface area contributed by atoms with Crippen LogP contribution in [0.25, 0.3) is 0 Å². The Hall–Kier alpha value is -0.640. The summed E-state index contributed by atoms with van der Waals surface area (Å²) < 4.78 is 13.7. The minimum Gasteiger partial charge on any atom is -0.396 e. The van der Waals surface area contributed by atoms with E-state index in [9.17, 15) is 4.39 Å². The summed E-state index contributed by atoms with van der Waals surface area (Å²) in [6.07, 6.45) is 4.97. The van der Waals surface area contributed by atoms with Gasteiger partial charge in [-0.25, -0.2) is 4.39 Å². The van der Waals surface area contributed by atoms with Crippen molar-refractivity contribution < 1.29 is 9.50 Å². The van der Waals surface area contributed by atoms with Crippen LogP contribution in [0.3, 0.4) is 0 Å². The Morgan fingerprint density at radius 1 is 1.26 bits per heavy atom. The van der Waals surface area contributed by atoms with Gasteiger partial charge in [-0.3, -0.25) is 0 Å². The average Bonchev–Trinajstić information content (AvgIpc) is 3.20. The van der Waals surface area contributed by atoms with E-state index in [4.69, 9.17) is 16.7 Å². The van der Waals surface area contributed by atoms with Gasteiger partial charge in [0, 0.05) is 29.8 Å². The lowest BCUT2D eigenvalue weighted by Crippen LogP contribution is -2.29. The minimum absolute atomic E-state index is 0.210. The van der Waals surface area contributed by atoms with Gasteiger partial charge in [0.1, 0.15) is 5.82 Å². The van der Waals surface area contributed by atoms with E-state index >= 15 is 0 Å². The highest BCUT2D eigenvalue weighted by atomic mass is 35.5. The fraction of sp³-hybridized carbons (Fsp3) is 0.600. The van der Waals surface area contributed by atoms with E-state index in [1.54, 1.807) is 12.1 Å². The molecule has 2 nitrogen and oxygen atoms in total. The summed E-state index contributed by atoms with van der Waals surface area (Å²) in [5.41, 5.74) is 0.622. The maximum absolute atomic E-state index is 13.7. The van der Waals surface area contributed by atoms with E-state index in [-0.39, 0.29) is 12.4 Å². The number of rotatable bonds is 8. The van der Waals surface area contributed by atoms with Crippen molar-refractivity contribution in [3.05, 3.63) is 34.6 Å². The monoisotopic (exact) mass is 285 g/mol. The van der Waals surface area contributed by atoms with Gasteiger partial charge < -0.3 is 10.0 Å². The molecule has 1 N–H and O–H groups in total. The van der Waals surface area contributed by atoms with Crippen LogP contribution in [0, 0.1) is 5.82 Å². The average molecular weight is 286 g/mol. The zero-order valence-corrected chi connectivity index (χ0v) is 11.9. The fourth-order valence-electron chi connectivity index (χ4n) is 2.37. The second-order valence-electron chi connectivity index (χ2n) is 5.15. The highest BCUT2D eigenvalue weighted by molar-refractivity contribution is 6.31. The van der Waals surface area contributed by atoms with Crippen LogP contribution in [0.1, 0.15) is 31.2 Å². The van der Waals surface area contributed by atoms with Gasteiger partial charge in [0.2, 0.25) is 0 Å². The molecule has 0 unspecified atom stereocenters. The van der Waals surface area contributed by atoms with Crippen molar-refractivity contribution in [2.45, 2.75) is 38.1 Å². The van der Waals surface area contributed by atoms with E-state index in [1.807, 2.05) is 0 Å². The molecule has 0 amide bonds. The zero-order valence-electron chi connectivity index (χ0n) is 11.1. The number of unbranched alkanes of at least 4 members (excludes halogenated alkanes) is 1. The van der Waals surface area contributed by atoms with Crippen LogP contribution in [0.4, 0.5) is 4.39 Å². The van der Waals surface area contributed by atoms with Gasteiger partial charge in [-0.05, 0) is 50.8 Å². The SMILES string of the molecule is OCCCCN(CCc1c(F)cccc1Cl)C1CC1. The molecule has 0 aromatic heterocycles. The van der Waals surface area contributed by atoms with E-state index in [0.717, 1.165) is 25.9 Å². The van der Waals surface area contributed by atoms with E-state index in [2.05, 4.69) is 4.90 Å². The first-order valence-corrected chi connectivity index (χ1v) is 7.38. The first-order chi connectivity index (χ1) is 9.22. The molecule has 1 aliphatic carbocycles. The number of benzene rings is 1. The number of hydrogen-bond donors (Lipinski definition) is 1. The molecule has 0 spiro atoms. The molecule has 1 aromatic rings. The molecule has 1 fully saturated rings. The molecule has 0 heterocycles. The van der Waals surface area contributed by atoms with Crippen LogP contribution in [-0.4, -0.2) is 35.7 Å². The Labute approximate surface area is 119 Å². The Bertz CT molecular complexity index is 389. The van der Waals surface area contributed by atoms with Crippen LogP contribution >= 0.6 is 11.6 Å². The first-order valence-electron chi connectivity index (χ1n) is 7.00. The van der Waals surface area contributed by atoms with Gasteiger partial charge in [0.15, 0.2) is 0 Å². The fourth-order valence-corrected chi connectivity index (χ4v) is 2.63. The van der Waals surface area contributed by atoms with Crippen LogP contribution in [0.5, 0.6) is 0 Å². The van der Waals surface area contributed by atoms with Crippen molar-refractivity contribution in [1.29, 1.82) is 0 Å². The molecule has 0 radical (unpaired) electrons. The van der Waals surface area contributed by atoms with Crippen molar-refractivity contribution in [2.24, 2.45) is 0 Å². The van der Waals surface area contributed by atoms with Gasteiger partial charge in [0.25, 0.3) is 0 Å². The summed E-state index contributed by atoms with van der Waals surface area (Å²) in [5.74, 6) is -0.210. The number of aliphatic hydroxyl groups is 1. The third-order valence-corrected chi connectivity index (χ3v) is 3.98. The van der Waals surface area contributed by atoms with Crippen LogP contribution < -0.4 is 0 Å². The maximum Gasteiger partial charge on any atom is 0.127 e. The molecule has 1 aliphatic rings. The maximum atomic E-state index is 13.7. The lowest BCUT2D eigenvalue weighted by molar-refractivity contribution is 0.236. The van der Waals surface area contributed by atoms with Gasteiger partial charge in [-0.15, -0.1) is 0 Å². The Kier molecular flexibility index (Phi) is 5.61. The largest absolute Gasteiger partial charge is 0.396 e. The predicted octanol–water partition coefficient (Wildman–Crippen LogP) is 3.26. The highest BCUT2D eigenvalue weighted by Crippen LogP contribution is 2.28. The molecule has 0 aliphatic heterocycles.